The number of nitrogens with zero attached hydrogens (tertiary/aromatic N) is 2. The Hall–Kier alpha value is -0.730. The van der Waals surface area contributed by atoms with Gasteiger partial charge in [0.25, 0.3) is 0 Å². The molecule has 0 atom stereocenters. The third-order valence-corrected chi connectivity index (χ3v) is 2.95. The number of hydrogen-bond donors (Lipinski definition) is 0. The van der Waals surface area contributed by atoms with E-state index in [1.807, 2.05) is 16.8 Å². The molecule has 0 N–H and O–H groups in total. The normalized spacial score (nSPS) is 18.1. The lowest BCUT2D eigenvalue weighted by atomic mass is 10.2. The van der Waals surface area contributed by atoms with Crippen LogP contribution in [-0.4, -0.2) is 42.0 Å². The first-order valence-corrected chi connectivity index (χ1v) is 5.64. The molecular formula is C11H22N2O. The van der Waals surface area contributed by atoms with E-state index >= 15 is 0 Å². The van der Waals surface area contributed by atoms with Crippen LogP contribution >= 0.6 is 0 Å². The van der Waals surface area contributed by atoms with Crippen LogP contribution in [0.15, 0.2) is 0 Å². The van der Waals surface area contributed by atoms with E-state index in [0.29, 0.717) is 6.04 Å². The molecule has 3 nitrogen and oxygen atoms in total. The lowest BCUT2D eigenvalue weighted by molar-refractivity contribution is 0.154. The number of hydrogen-bond acceptors (Lipinski definition) is 1. The molecule has 3 heteroatoms. The van der Waals surface area contributed by atoms with E-state index < -0.39 is 0 Å². The molecule has 1 heterocycles. The third-order valence-electron chi connectivity index (χ3n) is 2.95. The minimum absolute atomic E-state index is 0.196. The molecule has 1 aliphatic rings. The van der Waals surface area contributed by atoms with Gasteiger partial charge >= 0.3 is 6.03 Å². The molecule has 14 heavy (non-hydrogen) atoms. The molecule has 1 rings (SSSR count). The van der Waals surface area contributed by atoms with E-state index in [1.54, 1.807) is 0 Å². The molecule has 1 saturated heterocycles. The van der Waals surface area contributed by atoms with Gasteiger partial charge in [-0.3, -0.25) is 0 Å². The van der Waals surface area contributed by atoms with Crippen molar-refractivity contribution >= 4 is 6.03 Å². The number of urea groups is 1. The molecule has 0 bridgehead atoms. The Morgan fingerprint density at radius 2 is 1.64 bits per heavy atom. The summed E-state index contributed by atoms with van der Waals surface area (Å²) in [5, 5.41) is 0. The summed E-state index contributed by atoms with van der Waals surface area (Å²) in [6.07, 6.45) is 4.87. The topological polar surface area (TPSA) is 23.6 Å². The van der Waals surface area contributed by atoms with Crippen molar-refractivity contribution < 1.29 is 4.79 Å². The van der Waals surface area contributed by atoms with Gasteiger partial charge < -0.3 is 9.80 Å². The highest BCUT2D eigenvalue weighted by molar-refractivity contribution is 5.74. The van der Waals surface area contributed by atoms with Gasteiger partial charge in [0.15, 0.2) is 0 Å². The van der Waals surface area contributed by atoms with Crippen LogP contribution in [-0.2, 0) is 0 Å². The van der Waals surface area contributed by atoms with Gasteiger partial charge in [-0.1, -0.05) is 12.8 Å². The lowest BCUT2D eigenvalue weighted by Crippen LogP contribution is -2.44. The highest BCUT2D eigenvalue weighted by Crippen LogP contribution is 2.12. The molecule has 0 aromatic rings. The molecule has 0 radical (unpaired) electrons. The first kappa shape index (κ1) is 11.3. The maximum Gasteiger partial charge on any atom is 0.319 e. The van der Waals surface area contributed by atoms with E-state index in [9.17, 15) is 4.79 Å². The Labute approximate surface area is 87.1 Å². The van der Waals surface area contributed by atoms with E-state index in [2.05, 4.69) is 13.8 Å². The van der Waals surface area contributed by atoms with Crippen molar-refractivity contribution in [2.45, 2.75) is 45.6 Å². The Bertz CT molecular complexity index is 184. The van der Waals surface area contributed by atoms with Crippen LogP contribution in [0.4, 0.5) is 4.79 Å². The minimum Gasteiger partial charge on any atom is -0.325 e. The maximum atomic E-state index is 11.9. The second-order valence-corrected chi connectivity index (χ2v) is 4.39. The first-order chi connectivity index (χ1) is 6.63. The molecular weight excluding hydrogens is 176 g/mol. The minimum atomic E-state index is 0.196. The number of carbonyl (C=O) groups is 1. The van der Waals surface area contributed by atoms with Crippen LogP contribution in [0, 0.1) is 0 Å². The molecule has 1 aliphatic heterocycles. The van der Waals surface area contributed by atoms with Crippen molar-refractivity contribution in [3.63, 3.8) is 0 Å². The summed E-state index contributed by atoms with van der Waals surface area (Å²) in [5.41, 5.74) is 0. The Balaban J connectivity index is 2.49. The summed E-state index contributed by atoms with van der Waals surface area (Å²) in [5.74, 6) is 0. The van der Waals surface area contributed by atoms with Gasteiger partial charge in [-0.2, -0.15) is 0 Å². The standard InChI is InChI=1S/C11H22N2O/c1-10(2)12(3)11(14)13-8-6-4-5-7-9-13/h10H,4-9H2,1-3H3. The van der Waals surface area contributed by atoms with Gasteiger partial charge in [-0.25, -0.2) is 4.79 Å². The zero-order chi connectivity index (χ0) is 10.6. The fraction of sp³-hybridized carbons (Fsp3) is 0.909. The van der Waals surface area contributed by atoms with Gasteiger partial charge in [0.05, 0.1) is 0 Å². The molecule has 0 unspecified atom stereocenters. The van der Waals surface area contributed by atoms with E-state index in [4.69, 9.17) is 0 Å². The van der Waals surface area contributed by atoms with Crippen LogP contribution in [0.5, 0.6) is 0 Å². The predicted octanol–water partition coefficient (Wildman–Crippen LogP) is 2.32. The second kappa shape index (κ2) is 5.23. The highest BCUT2D eigenvalue weighted by atomic mass is 16.2. The molecule has 0 spiro atoms. The summed E-state index contributed by atoms with van der Waals surface area (Å²) in [4.78, 5) is 15.8. The van der Waals surface area contributed by atoms with Gasteiger partial charge in [-0.05, 0) is 26.7 Å². The molecule has 2 amide bonds. The number of carbonyl (C=O) groups excluding carboxylic acids is 1. The average Bonchev–Trinajstić information content (AvgIpc) is 2.43. The van der Waals surface area contributed by atoms with Crippen molar-refractivity contribution in [1.29, 1.82) is 0 Å². The Kier molecular flexibility index (Phi) is 4.23. The van der Waals surface area contributed by atoms with Gasteiger partial charge in [0.2, 0.25) is 0 Å². The van der Waals surface area contributed by atoms with Crippen LogP contribution < -0.4 is 0 Å². The van der Waals surface area contributed by atoms with Crippen molar-refractivity contribution in [1.82, 2.24) is 9.80 Å². The third kappa shape index (κ3) is 2.89. The number of amides is 2. The quantitative estimate of drug-likeness (QED) is 0.634. The van der Waals surface area contributed by atoms with Gasteiger partial charge in [0.1, 0.15) is 0 Å². The van der Waals surface area contributed by atoms with Gasteiger partial charge in [0, 0.05) is 26.2 Å². The van der Waals surface area contributed by atoms with Crippen molar-refractivity contribution in [3.8, 4) is 0 Å². The van der Waals surface area contributed by atoms with Crippen LogP contribution in [0.3, 0.4) is 0 Å². The van der Waals surface area contributed by atoms with Crippen LogP contribution in [0.2, 0.25) is 0 Å². The largest absolute Gasteiger partial charge is 0.325 e. The molecule has 0 saturated carbocycles. The number of rotatable bonds is 1. The van der Waals surface area contributed by atoms with E-state index in [0.717, 1.165) is 25.9 Å². The Morgan fingerprint density at radius 1 is 1.14 bits per heavy atom. The summed E-state index contributed by atoms with van der Waals surface area (Å²) in [6.45, 7) is 5.98. The Morgan fingerprint density at radius 3 is 2.07 bits per heavy atom. The highest BCUT2D eigenvalue weighted by Gasteiger charge is 2.20. The predicted molar refractivity (Wildman–Crippen MR) is 58.3 cm³/mol. The van der Waals surface area contributed by atoms with Gasteiger partial charge in [-0.15, -0.1) is 0 Å². The van der Waals surface area contributed by atoms with Crippen LogP contribution in [0.25, 0.3) is 0 Å². The fourth-order valence-electron chi connectivity index (χ4n) is 1.71. The van der Waals surface area contributed by atoms with Crippen molar-refractivity contribution in [2.24, 2.45) is 0 Å². The molecule has 0 aromatic heterocycles. The fourth-order valence-corrected chi connectivity index (χ4v) is 1.71. The SMILES string of the molecule is CC(C)N(C)C(=O)N1CCCCCC1. The number of likely N-dealkylation sites (tertiary alicyclic amines) is 1. The molecule has 0 aliphatic carbocycles. The summed E-state index contributed by atoms with van der Waals surface area (Å²) < 4.78 is 0. The average molecular weight is 198 g/mol. The zero-order valence-electron chi connectivity index (χ0n) is 9.62. The smallest absolute Gasteiger partial charge is 0.319 e. The molecule has 1 fully saturated rings. The van der Waals surface area contributed by atoms with Crippen LogP contribution in [0.1, 0.15) is 39.5 Å². The lowest BCUT2D eigenvalue weighted by Gasteiger charge is -2.29. The zero-order valence-corrected chi connectivity index (χ0v) is 9.62. The molecule has 0 aromatic carbocycles. The summed E-state index contributed by atoms with van der Waals surface area (Å²) >= 11 is 0. The van der Waals surface area contributed by atoms with E-state index in [1.165, 1.54) is 12.8 Å². The summed E-state index contributed by atoms with van der Waals surface area (Å²) in [7, 11) is 1.89. The monoisotopic (exact) mass is 198 g/mol. The van der Waals surface area contributed by atoms with E-state index in [-0.39, 0.29) is 6.03 Å². The maximum absolute atomic E-state index is 11.9. The molecule has 82 valence electrons. The summed E-state index contributed by atoms with van der Waals surface area (Å²) in [6, 6.07) is 0.493. The van der Waals surface area contributed by atoms with Crippen molar-refractivity contribution in [3.05, 3.63) is 0 Å². The van der Waals surface area contributed by atoms with Crippen molar-refractivity contribution in [2.75, 3.05) is 20.1 Å². The second-order valence-electron chi connectivity index (χ2n) is 4.39. The first-order valence-electron chi connectivity index (χ1n) is 5.64.